The van der Waals surface area contributed by atoms with Gasteiger partial charge in [0.2, 0.25) is 5.91 Å². The first-order chi connectivity index (χ1) is 12.1. The fraction of sp³-hybridized carbons (Fsp3) is 0.400. The highest BCUT2D eigenvalue weighted by Gasteiger charge is 1.97. The number of hydrogen-bond donors (Lipinski definition) is 1. The van der Waals surface area contributed by atoms with Crippen LogP contribution in [0.1, 0.15) is 31.2 Å². The molecule has 0 radical (unpaired) electrons. The number of aryl methyl sites for hydroxylation is 1. The van der Waals surface area contributed by atoms with Crippen molar-refractivity contribution in [3.05, 3.63) is 54.6 Å². The number of anilines is 1. The van der Waals surface area contributed by atoms with Gasteiger partial charge >= 0.3 is 0 Å². The molecule has 0 saturated carbocycles. The second-order valence-electron chi connectivity index (χ2n) is 6.33. The summed E-state index contributed by atoms with van der Waals surface area (Å²) in [5.41, 5.74) is 2.18. The average molecular weight is 340 g/mol. The molecule has 1 aromatic carbocycles. The van der Waals surface area contributed by atoms with E-state index < -0.39 is 0 Å². The van der Waals surface area contributed by atoms with E-state index in [0.29, 0.717) is 0 Å². The maximum absolute atomic E-state index is 11.8. The minimum Gasteiger partial charge on any atom is -0.378 e. The number of benzene rings is 1. The van der Waals surface area contributed by atoms with Crippen molar-refractivity contribution < 1.29 is 4.79 Å². The number of aromatic nitrogens is 2. The topological polar surface area (TPSA) is 50.2 Å². The molecule has 25 heavy (non-hydrogen) atoms. The van der Waals surface area contributed by atoms with Crippen molar-refractivity contribution in [2.75, 3.05) is 25.5 Å². The number of nitrogens with zero attached hydrogens (tertiary/aromatic N) is 3. The van der Waals surface area contributed by atoms with Gasteiger partial charge in [0.25, 0.3) is 0 Å². The van der Waals surface area contributed by atoms with E-state index in [1.807, 2.05) is 57.0 Å². The van der Waals surface area contributed by atoms with E-state index in [1.165, 1.54) is 6.42 Å². The monoisotopic (exact) mass is 340 g/mol. The Labute approximate surface area is 150 Å². The van der Waals surface area contributed by atoms with E-state index in [0.717, 1.165) is 43.6 Å². The molecule has 134 valence electrons. The lowest BCUT2D eigenvalue weighted by molar-refractivity contribution is -0.116. The average Bonchev–Trinajstić information content (AvgIpc) is 3.13. The first-order valence-electron chi connectivity index (χ1n) is 8.84. The maximum Gasteiger partial charge on any atom is 0.243 e. The van der Waals surface area contributed by atoms with Gasteiger partial charge in [-0.15, -0.1) is 0 Å². The van der Waals surface area contributed by atoms with Crippen molar-refractivity contribution in [2.45, 2.75) is 32.2 Å². The zero-order valence-corrected chi connectivity index (χ0v) is 15.2. The summed E-state index contributed by atoms with van der Waals surface area (Å²) in [6, 6.07) is 8.11. The standard InChI is InChI=1S/C20H28N4O/c1-23(2)19-10-7-18(8-11-19)9-12-20(25)22-13-5-3-4-6-15-24-16-14-21-17-24/h7-12,14,16-17H,3-6,13,15H2,1-2H3,(H,22,25)/b12-9+. The molecule has 0 aliphatic carbocycles. The normalized spacial score (nSPS) is 11.0. The molecule has 0 aliphatic rings. The molecule has 0 aliphatic heterocycles. The summed E-state index contributed by atoms with van der Waals surface area (Å²) in [6.07, 6.45) is 13.5. The molecule has 1 N–H and O–H groups in total. The molecule has 1 heterocycles. The lowest BCUT2D eigenvalue weighted by Crippen LogP contribution is -2.21. The molecule has 2 rings (SSSR count). The lowest BCUT2D eigenvalue weighted by Gasteiger charge is -2.11. The van der Waals surface area contributed by atoms with Crippen LogP contribution in [0.3, 0.4) is 0 Å². The first-order valence-corrected chi connectivity index (χ1v) is 8.84. The molecular weight excluding hydrogens is 312 g/mol. The van der Waals surface area contributed by atoms with Gasteiger partial charge in [0, 0.05) is 51.3 Å². The SMILES string of the molecule is CN(C)c1ccc(/C=C/C(=O)NCCCCCCn2ccnc2)cc1. The summed E-state index contributed by atoms with van der Waals surface area (Å²) < 4.78 is 2.09. The summed E-state index contributed by atoms with van der Waals surface area (Å²) in [5.74, 6) is -0.0323. The van der Waals surface area contributed by atoms with Crippen LogP contribution in [0.15, 0.2) is 49.1 Å². The third-order valence-electron chi connectivity index (χ3n) is 4.04. The van der Waals surface area contributed by atoms with E-state index in [1.54, 1.807) is 12.3 Å². The molecule has 0 saturated heterocycles. The third-order valence-corrected chi connectivity index (χ3v) is 4.04. The van der Waals surface area contributed by atoms with Gasteiger partial charge in [-0.3, -0.25) is 4.79 Å². The highest BCUT2D eigenvalue weighted by molar-refractivity contribution is 5.91. The molecule has 0 bridgehead atoms. The Morgan fingerprint density at radius 2 is 1.92 bits per heavy atom. The Balaban J connectivity index is 1.55. The van der Waals surface area contributed by atoms with Crippen LogP contribution < -0.4 is 10.2 Å². The third kappa shape index (κ3) is 7.25. The van der Waals surface area contributed by atoms with E-state index in [9.17, 15) is 4.79 Å². The van der Waals surface area contributed by atoms with Crippen LogP contribution in [0.5, 0.6) is 0 Å². The molecule has 0 atom stereocenters. The fourth-order valence-corrected chi connectivity index (χ4v) is 2.52. The Kier molecular flexibility index (Phi) is 7.76. The van der Waals surface area contributed by atoms with E-state index in [-0.39, 0.29) is 5.91 Å². The minimum absolute atomic E-state index is 0.0323. The number of nitrogens with one attached hydrogen (secondary N) is 1. The largest absolute Gasteiger partial charge is 0.378 e. The Morgan fingerprint density at radius 1 is 1.16 bits per heavy atom. The van der Waals surface area contributed by atoms with Crippen molar-refractivity contribution in [2.24, 2.45) is 0 Å². The van der Waals surface area contributed by atoms with Gasteiger partial charge in [0.05, 0.1) is 6.33 Å². The molecule has 1 aromatic heterocycles. The van der Waals surface area contributed by atoms with Crippen LogP contribution in [-0.2, 0) is 11.3 Å². The molecular formula is C20H28N4O. The molecule has 0 unspecified atom stereocenters. The minimum atomic E-state index is -0.0323. The second-order valence-corrected chi connectivity index (χ2v) is 6.33. The van der Waals surface area contributed by atoms with Crippen molar-refractivity contribution in [1.82, 2.24) is 14.9 Å². The van der Waals surface area contributed by atoms with E-state index >= 15 is 0 Å². The zero-order valence-electron chi connectivity index (χ0n) is 15.2. The zero-order chi connectivity index (χ0) is 17.9. The number of hydrogen-bond acceptors (Lipinski definition) is 3. The first kappa shape index (κ1) is 18.8. The lowest BCUT2D eigenvalue weighted by atomic mass is 10.2. The molecule has 1 amide bonds. The molecule has 5 heteroatoms. The van der Waals surface area contributed by atoms with Gasteiger partial charge in [0.15, 0.2) is 0 Å². The van der Waals surface area contributed by atoms with Crippen LogP contribution in [0.4, 0.5) is 5.69 Å². The summed E-state index contributed by atoms with van der Waals surface area (Å²) in [4.78, 5) is 17.9. The predicted molar refractivity (Wildman–Crippen MR) is 104 cm³/mol. The van der Waals surface area contributed by atoms with Crippen LogP contribution in [-0.4, -0.2) is 36.1 Å². The Morgan fingerprint density at radius 3 is 2.60 bits per heavy atom. The summed E-state index contributed by atoms with van der Waals surface area (Å²) in [6.45, 7) is 1.75. The summed E-state index contributed by atoms with van der Waals surface area (Å²) >= 11 is 0. The number of carbonyl (C=O) groups excluding carboxylic acids is 1. The smallest absolute Gasteiger partial charge is 0.243 e. The van der Waals surface area contributed by atoms with Gasteiger partial charge < -0.3 is 14.8 Å². The molecule has 5 nitrogen and oxygen atoms in total. The van der Waals surface area contributed by atoms with Crippen LogP contribution >= 0.6 is 0 Å². The number of unbranched alkanes of at least 4 members (excludes halogenated alkanes) is 3. The van der Waals surface area contributed by atoms with Crippen LogP contribution in [0.2, 0.25) is 0 Å². The van der Waals surface area contributed by atoms with E-state index in [2.05, 4.69) is 19.8 Å². The van der Waals surface area contributed by atoms with Crippen molar-refractivity contribution >= 4 is 17.7 Å². The Bertz CT molecular complexity index is 645. The van der Waals surface area contributed by atoms with E-state index in [4.69, 9.17) is 0 Å². The van der Waals surface area contributed by atoms with Crippen molar-refractivity contribution in [3.63, 3.8) is 0 Å². The van der Waals surface area contributed by atoms with Gasteiger partial charge in [0.1, 0.15) is 0 Å². The maximum atomic E-state index is 11.8. The predicted octanol–water partition coefficient (Wildman–Crippen LogP) is 3.34. The van der Waals surface area contributed by atoms with Gasteiger partial charge in [-0.1, -0.05) is 25.0 Å². The number of imidazole rings is 1. The highest BCUT2D eigenvalue weighted by atomic mass is 16.1. The summed E-state index contributed by atoms with van der Waals surface area (Å²) in [5, 5.41) is 2.94. The number of carbonyl (C=O) groups is 1. The fourth-order valence-electron chi connectivity index (χ4n) is 2.52. The quantitative estimate of drug-likeness (QED) is 0.533. The highest BCUT2D eigenvalue weighted by Crippen LogP contribution is 2.13. The van der Waals surface area contributed by atoms with Gasteiger partial charge in [-0.25, -0.2) is 4.98 Å². The van der Waals surface area contributed by atoms with Gasteiger partial charge in [-0.2, -0.15) is 0 Å². The Hall–Kier alpha value is -2.56. The summed E-state index contributed by atoms with van der Waals surface area (Å²) in [7, 11) is 4.02. The molecule has 0 spiro atoms. The second kappa shape index (κ2) is 10.3. The van der Waals surface area contributed by atoms with Crippen LogP contribution in [0, 0.1) is 0 Å². The van der Waals surface area contributed by atoms with Gasteiger partial charge in [-0.05, 0) is 36.6 Å². The van der Waals surface area contributed by atoms with Crippen LogP contribution in [0.25, 0.3) is 6.08 Å². The molecule has 0 fully saturated rings. The molecule has 2 aromatic rings. The van der Waals surface area contributed by atoms with Crippen molar-refractivity contribution in [1.29, 1.82) is 0 Å². The van der Waals surface area contributed by atoms with Crippen molar-refractivity contribution in [3.8, 4) is 0 Å². The number of amides is 1. The number of rotatable bonds is 10.